The molecule has 1 aromatic rings. The number of guanidine groups is 1. The predicted octanol–water partition coefficient (Wildman–Crippen LogP) is 3.31. The molecular formula is C19H33IN4O2. The number of likely N-dealkylation sites (tertiary alicyclic amines) is 1. The Bertz CT molecular complexity index is 571. The molecule has 0 aliphatic carbocycles. The van der Waals surface area contributed by atoms with E-state index < -0.39 is 0 Å². The minimum Gasteiger partial charge on any atom is -0.381 e. The Kier molecular flexibility index (Phi) is 8.19. The molecule has 2 fully saturated rings. The van der Waals surface area contributed by atoms with Crippen molar-refractivity contribution in [1.29, 1.82) is 0 Å². The van der Waals surface area contributed by atoms with E-state index in [1.165, 1.54) is 31.2 Å². The van der Waals surface area contributed by atoms with Gasteiger partial charge in [-0.05, 0) is 52.9 Å². The average Bonchev–Trinajstić information content (AvgIpc) is 2.93. The van der Waals surface area contributed by atoms with Gasteiger partial charge < -0.3 is 19.5 Å². The minimum absolute atomic E-state index is 0. The van der Waals surface area contributed by atoms with Crippen molar-refractivity contribution in [2.24, 2.45) is 10.4 Å². The maximum absolute atomic E-state index is 5.80. The van der Waals surface area contributed by atoms with Crippen LogP contribution in [0.15, 0.2) is 9.52 Å². The lowest BCUT2D eigenvalue weighted by atomic mass is 9.76. The minimum atomic E-state index is 0. The highest BCUT2D eigenvalue weighted by molar-refractivity contribution is 14.0. The lowest BCUT2D eigenvalue weighted by Gasteiger charge is -2.45. The average molecular weight is 476 g/mol. The van der Waals surface area contributed by atoms with Gasteiger partial charge in [-0.25, -0.2) is 0 Å². The summed E-state index contributed by atoms with van der Waals surface area (Å²) >= 11 is 0. The number of rotatable bonds is 4. The summed E-state index contributed by atoms with van der Waals surface area (Å²) in [6, 6.07) is 0. The highest BCUT2D eigenvalue weighted by Gasteiger charge is 2.38. The van der Waals surface area contributed by atoms with Crippen molar-refractivity contribution >= 4 is 29.9 Å². The third-order valence-corrected chi connectivity index (χ3v) is 5.50. The summed E-state index contributed by atoms with van der Waals surface area (Å²) < 4.78 is 11.1. The third kappa shape index (κ3) is 5.12. The number of nitrogens with zero attached hydrogens (tertiary/aromatic N) is 3. The zero-order chi connectivity index (χ0) is 17.7. The van der Waals surface area contributed by atoms with Crippen molar-refractivity contribution in [2.45, 2.75) is 52.9 Å². The second kappa shape index (κ2) is 9.92. The molecule has 2 aliphatic heterocycles. The monoisotopic (exact) mass is 476 g/mol. The molecule has 26 heavy (non-hydrogen) atoms. The van der Waals surface area contributed by atoms with E-state index in [4.69, 9.17) is 14.3 Å². The number of ether oxygens (including phenoxy) is 1. The highest BCUT2D eigenvalue weighted by Crippen LogP contribution is 2.37. The fraction of sp³-hybridized carbons (Fsp3) is 0.789. The van der Waals surface area contributed by atoms with Gasteiger partial charge in [-0.15, -0.1) is 24.0 Å². The van der Waals surface area contributed by atoms with E-state index in [-0.39, 0.29) is 24.0 Å². The molecule has 7 heteroatoms. The summed E-state index contributed by atoms with van der Waals surface area (Å²) in [6.45, 7) is 11.7. The molecule has 0 radical (unpaired) electrons. The Morgan fingerprint density at radius 2 is 2.12 bits per heavy atom. The van der Waals surface area contributed by atoms with Gasteiger partial charge in [0.25, 0.3) is 0 Å². The van der Waals surface area contributed by atoms with Gasteiger partial charge in [0, 0.05) is 43.8 Å². The van der Waals surface area contributed by atoms with E-state index in [0.29, 0.717) is 5.41 Å². The van der Waals surface area contributed by atoms with E-state index >= 15 is 0 Å². The first-order valence-electron chi connectivity index (χ1n) is 9.66. The van der Waals surface area contributed by atoms with Gasteiger partial charge in [-0.1, -0.05) is 5.16 Å². The van der Waals surface area contributed by atoms with Gasteiger partial charge in [-0.3, -0.25) is 4.99 Å². The number of aliphatic imine (C=N–C) groups is 1. The smallest absolute Gasteiger partial charge is 0.193 e. The van der Waals surface area contributed by atoms with Crippen molar-refractivity contribution in [3.05, 3.63) is 17.0 Å². The molecule has 2 saturated heterocycles. The lowest BCUT2D eigenvalue weighted by Crippen LogP contribution is -2.53. The van der Waals surface area contributed by atoms with Crippen molar-refractivity contribution < 1.29 is 9.26 Å². The van der Waals surface area contributed by atoms with Crippen LogP contribution in [0.1, 0.15) is 49.6 Å². The summed E-state index contributed by atoms with van der Waals surface area (Å²) in [4.78, 5) is 7.33. The SMILES string of the molecule is CCNC(=NCCc1c(C)noc1C)N1CCCC2(CCCOC2)C1.I. The van der Waals surface area contributed by atoms with Crippen LogP contribution in [-0.2, 0) is 11.2 Å². The molecule has 0 bridgehead atoms. The van der Waals surface area contributed by atoms with Gasteiger partial charge in [0.1, 0.15) is 5.76 Å². The van der Waals surface area contributed by atoms with E-state index in [1.54, 1.807) is 0 Å². The highest BCUT2D eigenvalue weighted by atomic mass is 127. The fourth-order valence-electron chi connectivity index (χ4n) is 4.18. The molecule has 1 atom stereocenters. The normalized spacial score (nSPS) is 23.8. The number of hydrogen-bond donors (Lipinski definition) is 1. The molecule has 0 saturated carbocycles. The predicted molar refractivity (Wildman–Crippen MR) is 114 cm³/mol. The zero-order valence-electron chi connectivity index (χ0n) is 16.3. The molecule has 6 nitrogen and oxygen atoms in total. The van der Waals surface area contributed by atoms with Crippen molar-refractivity contribution in [2.75, 3.05) is 39.4 Å². The van der Waals surface area contributed by atoms with Gasteiger partial charge in [0.2, 0.25) is 0 Å². The number of aromatic nitrogens is 1. The van der Waals surface area contributed by atoms with E-state index in [2.05, 4.69) is 22.3 Å². The van der Waals surface area contributed by atoms with Crippen molar-refractivity contribution in [1.82, 2.24) is 15.4 Å². The molecule has 1 unspecified atom stereocenters. The Balaban J connectivity index is 0.00000243. The van der Waals surface area contributed by atoms with Crippen LogP contribution in [0, 0.1) is 19.3 Å². The van der Waals surface area contributed by atoms with Crippen LogP contribution in [0.4, 0.5) is 0 Å². The van der Waals surface area contributed by atoms with Crippen LogP contribution in [0.2, 0.25) is 0 Å². The van der Waals surface area contributed by atoms with Crippen LogP contribution < -0.4 is 5.32 Å². The molecule has 2 aliphatic rings. The van der Waals surface area contributed by atoms with Gasteiger partial charge in [-0.2, -0.15) is 0 Å². The van der Waals surface area contributed by atoms with Crippen LogP contribution in [0.25, 0.3) is 0 Å². The standard InChI is InChI=1S/C19H32N4O2.HI/c1-4-20-18(21-10-7-17-15(2)22-25-16(17)3)23-11-5-8-19(13-23)9-6-12-24-14-19;/h4-14H2,1-3H3,(H,20,21);1H. The molecular weight excluding hydrogens is 443 g/mol. The molecule has 0 amide bonds. The molecule has 0 aromatic carbocycles. The quantitative estimate of drug-likeness (QED) is 0.411. The van der Waals surface area contributed by atoms with Gasteiger partial charge in [0.05, 0.1) is 12.3 Å². The van der Waals surface area contributed by atoms with E-state index in [0.717, 1.165) is 63.2 Å². The topological polar surface area (TPSA) is 62.9 Å². The first-order chi connectivity index (χ1) is 12.1. The summed E-state index contributed by atoms with van der Waals surface area (Å²) in [5.74, 6) is 1.95. The van der Waals surface area contributed by atoms with Crippen molar-refractivity contribution in [3.63, 3.8) is 0 Å². The first kappa shape index (κ1) is 21.5. The Morgan fingerprint density at radius 1 is 1.31 bits per heavy atom. The van der Waals surface area contributed by atoms with Gasteiger partial charge in [0.15, 0.2) is 5.96 Å². The van der Waals surface area contributed by atoms with E-state index in [9.17, 15) is 0 Å². The summed E-state index contributed by atoms with van der Waals surface area (Å²) in [6.07, 6.45) is 5.84. The second-order valence-electron chi connectivity index (χ2n) is 7.47. The summed E-state index contributed by atoms with van der Waals surface area (Å²) in [7, 11) is 0. The Morgan fingerprint density at radius 3 is 2.77 bits per heavy atom. The summed E-state index contributed by atoms with van der Waals surface area (Å²) in [5, 5.41) is 7.51. The maximum Gasteiger partial charge on any atom is 0.193 e. The van der Waals surface area contributed by atoms with Crippen LogP contribution >= 0.6 is 24.0 Å². The molecule has 1 N–H and O–H groups in total. The Labute approximate surface area is 174 Å². The van der Waals surface area contributed by atoms with Crippen LogP contribution in [0.5, 0.6) is 0 Å². The summed E-state index contributed by atoms with van der Waals surface area (Å²) in [5.41, 5.74) is 2.50. The van der Waals surface area contributed by atoms with Crippen LogP contribution in [-0.4, -0.2) is 55.4 Å². The maximum atomic E-state index is 5.80. The largest absolute Gasteiger partial charge is 0.381 e. The third-order valence-electron chi connectivity index (χ3n) is 5.50. The second-order valence-corrected chi connectivity index (χ2v) is 7.47. The number of halogens is 1. The van der Waals surface area contributed by atoms with Crippen molar-refractivity contribution in [3.8, 4) is 0 Å². The molecule has 148 valence electrons. The first-order valence-corrected chi connectivity index (χ1v) is 9.66. The number of piperidine rings is 1. The fourth-order valence-corrected chi connectivity index (χ4v) is 4.18. The molecule has 3 rings (SSSR count). The van der Waals surface area contributed by atoms with Gasteiger partial charge >= 0.3 is 0 Å². The number of aryl methyl sites for hydroxylation is 2. The lowest BCUT2D eigenvalue weighted by molar-refractivity contribution is -0.0370. The molecule has 1 aromatic heterocycles. The molecule has 3 heterocycles. The number of nitrogens with one attached hydrogen (secondary N) is 1. The Hall–Kier alpha value is -0.830. The zero-order valence-corrected chi connectivity index (χ0v) is 18.7. The van der Waals surface area contributed by atoms with E-state index in [1.807, 2.05) is 13.8 Å². The molecule has 1 spiro atoms. The number of hydrogen-bond acceptors (Lipinski definition) is 4. The van der Waals surface area contributed by atoms with Crippen LogP contribution in [0.3, 0.4) is 0 Å².